The quantitative estimate of drug-likeness (QED) is 0.188. The highest BCUT2D eigenvalue weighted by Gasteiger charge is 2.56. The summed E-state index contributed by atoms with van der Waals surface area (Å²) in [4.78, 5) is 25.4. The maximum absolute atomic E-state index is 13.3. The Morgan fingerprint density at radius 2 is 1.70 bits per heavy atom. The molecule has 1 unspecified atom stereocenters. The van der Waals surface area contributed by atoms with Crippen LogP contribution in [-0.4, -0.2) is 73.6 Å². The Hall–Kier alpha value is -3.61. The molecule has 0 spiro atoms. The van der Waals surface area contributed by atoms with Crippen molar-refractivity contribution >= 4 is 17.7 Å². The third-order valence-corrected chi connectivity index (χ3v) is 5.81. The zero-order valence-electron chi connectivity index (χ0n) is 22.2. The number of hydrogen-bond donors (Lipinski definition) is 2. The normalized spacial score (nSPS) is 12.5. The van der Waals surface area contributed by atoms with E-state index in [1.54, 1.807) is 55.5 Å². The summed E-state index contributed by atoms with van der Waals surface area (Å²) >= 11 is 0. The molecule has 0 aliphatic rings. The Labute approximate surface area is 229 Å². The summed E-state index contributed by atoms with van der Waals surface area (Å²) in [6.45, 7) is 1.88. The Morgan fingerprint density at radius 1 is 1.00 bits per heavy atom. The molecule has 8 nitrogen and oxygen atoms in total. The zero-order valence-corrected chi connectivity index (χ0v) is 22.2. The summed E-state index contributed by atoms with van der Waals surface area (Å²) in [5.74, 6) is -4.95. The smallest absolute Gasteiger partial charge is 0.453 e. The van der Waals surface area contributed by atoms with Gasteiger partial charge < -0.3 is 29.5 Å². The molecule has 0 aromatic heterocycles. The number of anilines is 1. The first-order valence-corrected chi connectivity index (χ1v) is 12.6. The van der Waals surface area contributed by atoms with Crippen LogP contribution < -0.4 is 14.8 Å². The number of ether oxygens (including phenoxy) is 3. The number of nitrogens with zero attached hydrogens (tertiary/aromatic N) is 1. The fraction of sp³-hybridized carbons (Fsp3) is 0.481. The molecule has 13 heteroatoms. The SMILES string of the molecule is CCOC(Cc1ccc(OCCN(CCCCC(F)(F)C(F)(F)F)C(=O)Nc2cccc(OC)c2)cc1)C(=O)O. The summed E-state index contributed by atoms with van der Waals surface area (Å²) in [6.07, 6.45) is -8.36. The molecule has 2 aromatic carbocycles. The van der Waals surface area contributed by atoms with E-state index in [4.69, 9.17) is 14.2 Å². The molecule has 0 saturated carbocycles. The monoisotopic (exact) mass is 576 g/mol. The number of carboxylic acid groups (broad SMARTS) is 1. The number of methoxy groups -OCH3 is 1. The minimum Gasteiger partial charge on any atom is -0.497 e. The van der Waals surface area contributed by atoms with Crippen molar-refractivity contribution in [3.63, 3.8) is 0 Å². The molecular formula is C27H33F5N2O6. The number of amides is 2. The molecule has 0 aliphatic carbocycles. The van der Waals surface area contributed by atoms with Crippen molar-refractivity contribution < 1.29 is 50.9 Å². The van der Waals surface area contributed by atoms with Crippen molar-refractivity contribution in [2.75, 3.05) is 38.7 Å². The summed E-state index contributed by atoms with van der Waals surface area (Å²) in [7, 11) is 1.46. The van der Waals surface area contributed by atoms with Crippen molar-refractivity contribution in [2.45, 2.75) is 50.8 Å². The van der Waals surface area contributed by atoms with Gasteiger partial charge in [0.05, 0.1) is 13.7 Å². The minimum absolute atomic E-state index is 0.000283. The zero-order chi connectivity index (χ0) is 29.8. The molecule has 0 fully saturated rings. The third kappa shape index (κ3) is 10.5. The van der Waals surface area contributed by atoms with Crippen LogP contribution in [-0.2, 0) is 16.0 Å². The number of rotatable bonds is 16. The van der Waals surface area contributed by atoms with Crippen LogP contribution in [0.5, 0.6) is 11.5 Å². The van der Waals surface area contributed by atoms with E-state index in [1.807, 2.05) is 0 Å². The summed E-state index contributed by atoms with van der Waals surface area (Å²) in [6, 6.07) is 12.5. The molecule has 0 heterocycles. The van der Waals surface area contributed by atoms with Gasteiger partial charge in [-0.25, -0.2) is 9.59 Å². The maximum Gasteiger partial charge on any atom is 0.453 e. The average molecular weight is 577 g/mol. The topological polar surface area (TPSA) is 97.3 Å². The summed E-state index contributed by atoms with van der Waals surface area (Å²) in [5.41, 5.74) is 1.12. The van der Waals surface area contributed by atoms with Crippen molar-refractivity contribution in [1.82, 2.24) is 4.90 Å². The highest BCUT2D eigenvalue weighted by Crippen LogP contribution is 2.39. The molecule has 1 atom stereocenters. The van der Waals surface area contributed by atoms with Crippen LogP contribution in [0.15, 0.2) is 48.5 Å². The van der Waals surface area contributed by atoms with Crippen molar-refractivity contribution in [3.8, 4) is 11.5 Å². The van der Waals surface area contributed by atoms with Crippen LogP contribution >= 0.6 is 0 Å². The minimum atomic E-state index is -5.63. The van der Waals surface area contributed by atoms with Gasteiger partial charge in [0.15, 0.2) is 6.10 Å². The van der Waals surface area contributed by atoms with Crippen LogP contribution in [0.3, 0.4) is 0 Å². The van der Waals surface area contributed by atoms with Gasteiger partial charge in [-0.1, -0.05) is 18.2 Å². The molecule has 2 aromatic rings. The molecule has 0 bridgehead atoms. The van der Waals surface area contributed by atoms with E-state index in [1.165, 1.54) is 12.0 Å². The Bertz CT molecular complexity index is 1080. The Kier molecular flexibility index (Phi) is 12.4. The van der Waals surface area contributed by atoms with Crippen LogP contribution in [0, 0.1) is 0 Å². The van der Waals surface area contributed by atoms with Gasteiger partial charge >= 0.3 is 24.1 Å². The average Bonchev–Trinajstić information content (AvgIpc) is 2.90. The third-order valence-electron chi connectivity index (χ3n) is 5.81. The van der Waals surface area contributed by atoms with Gasteiger partial charge in [0.2, 0.25) is 0 Å². The predicted molar refractivity (Wildman–Crippen MR) is 137 cm³/mol. The van der Waals surface area contributed by atoms with Crippen LogP contribution in [0.1, 0.15) is 31.7 Å². The first kappa shape index (κ1) is 32.6. The van der Waals surface area contributed by atoms with E-state index >= 15 is 0 Å². The number of urea groups is 1. The van der Waals surface area contributed by atoms with Gasteiger partial charge in [0.1, 0.15) is 18.1 Å². The fourth-order valence-corrected chi connectivity index (χ4v) is 3.64. The van der Waals surface area contributed by atoms with E-state index in [0.29, 0.717) is 22.7 Å². The van der Waals surface area contributed by atoms with Gasteiger partial charge in [-0.3, -0.25) is 0 Å². The number of carbonyl (C=O) groups is 2. The van der Waals surface area contributed by atoms with Crippen molar-refractivity contribution in [2.24, 2.45) is 0 Å². The van der Waals surface area contributed by atoms with E-state index in [2.05, 4.69) is 5.32 Å². The van der Waals surface area contributed by atoms with Crippen molar-refractivity contribution in [3.05, 3.63) is 54.1 Å². The number of aliphatic carboxylic acids is 1. The first-order valence-electron chi connectivity index (χ1n) is 12.6. The van der Waals surface area contributed by atoms with Crippen molar-refractivity contribution in [1.29, 1.82) is 0 Å². The second kappa shape index (κ2) is 15.2. The molecule has 0 saturated heterocycles. The van der Waals surface area contributed by atoms with Crippen LogP contribution in [0.2, 0.25) is 0 Å². The van der Waals surface area contributed by atoms with Gasteiger partial charge in [0, 0.05) is 37.7 Å². The number of unbranched alkanes of at least 4 members (excludes halogenated alkanes) is 1. The lowest BCUT2D eigenvalue weighted by molar-refractivity contribution is -0.284. The Morgan fingerprint density at radius 3 is 2.30 bits per heavy atom. The molecule has 0 aliphatic heterocycles. The van der Waals surface area contributed by atoms with Gasteiger partial charge in [-0.05, 0) is 49.6 Å². The first-order chi connectivity index (χ1) is 18.9. The van der Waals surface area contributed by atoms with E-state index in [-0.39, 0.29) is 39.1 Å². The second-order valence-electron chi connectivity index (χ2n) is 8.79. The van der Waals surface area contributed by atoms with E-state index < -0.39 is 43.0 Å². The van der Waals surface area contributed by atoms with E-state index in [0.717, 1.165) is 0 Å². The number of benzene rings is 2. The Balaban J connectivity index is 1.98. The molecule has 40 heavy (non-hydrogen) atoms. The number of carbonyl (C=O) groups excluding carboxylic acids is 1. The molecule has 2 N–H and O–H groups in total. The highest BCUT2D eigenvalue weighted by molar-refractivity contribution is 5.89. The lowest BCUT2D eigenvalue weighted by Crippen LogP contribution is -2.39. The molecule has 0 radical (unpaired) electrons. The second-order valence-corrected chi connectivity index (χ2v) is 8.79. The van der Waals surface area contributed by atoms with Gasteiger partial charge in [0.25, 0.3) is 0 Å². The molecule has 222 valence electrons. The maximum atomic E-state index is 13.3. The van der Waals surface area contributed by atoms with Crippen LogP contribution in [0.4, 0.5) is 32.4 Å². The molecular weight excluding hydrogens is 543 g/mol. The standard InChI is InChI=1S/C27H33F5N2O6/c1-3-39-23(24(35)36)17-19-9-11-21(12-10-19)40-16-15-34(14-5-4-13-26(28,29)27(30,31)32)25(37)33-20-7-6-8-22(18-20)38-2/h6-12,18,23H,3-5,13-17H2,1-2H3,(H,33,37)(H,35,36). The predicted octanol–water partition coefficient (Wildman–Crippen LogP) is 6.01. The lowest BCUT2D eigenvalue weighted by atomic mass is 10.1. The largest absolute Gasteiger partial charge is 0.497 e. The molecule has 2 rings (SSSR count). The number of alkyl halides is 5. The number of halogens is 5. The van der Waals surface area contributed by atoms with Gasteiger partial charge in [-0.2, -0.15) is 22.0 Å². The lowest BCUT2D eigenvalue weighted by Gasteiger charge is -2.24. The number of hydrogen-bond acceptors (Lipinski definition) is 5. The fourth-order valence-electron chi connectivity index (χ4n) is 3.64. The molecule has 2 amide bonds. The highest BCUT2D eigenvalue weighted by atomic mass is 19.4. The number of carboxylic acids is 1. The summed E-state index contributed by atoms with van der Waals surface area (Å²) < 4.78 is 79.9. The summed E-state index contributed by atoms with van der Waals surface area (Å²) in [5, 5.41) is 11.9. The van der Waals surface area contributed by atoms with E-state index in [9.17, 15) is 36.6 Å². The van der Waals surface area contributed by atoms with Gasteiger partial charge in [-0.15, -0.1) is 0 Å². The number of nitrogens with one attached hydrogen (secondary N) is 1. The van der Waals surface area contributed by atoms with Crippen LogP contribution in [0.25, 0.3) is 0 Å².